The molecular weight excluding hydrogens is 370 g/mol. The first-order valence-electron chi connectivity index (χ1n) is 8.41. The predicted octanol–water partition coefficient (Wildman–Crippen LogP) is 4.54. The topological polar surface area (TPSA) is 66.0 Å². The molecule has 0 aliphatic heterocycles. The van der Waals surface area contributed by atoms with E-state index in [9.17, 15) is 4.79 Å². The number of nitrogens with one attached hydrogen (secondary N) is 1. The Kier molecular flexibility index (Phi) is 7.33. The van der Waals surface area contributed by atoms with E-state index < -0.39 is 0 Å². The molecule has 7 heteroatoms. The Labute approximate surface area is 164 Å². The average Bonchev–Trinajstić information content (AvgIpc) is 2.66. The maximum Gasteiger partial charge on any atom is 0.255 e. The van der Waals surface area contributed by atoms with Crippen molar-refractivity contribution in [2.75, 3.05) is 26.6 Å². The van der Waals surface area contributed by atoms with Gasteiger partial charge in [0.05, 0.1) is 44.8 Å². The second-order valence-corrected chi connectivity index (χ2v) is 6.43. The second kappa shape index (κ2) is 9.48. The van der Waals surface area contributed by atoms with E-state index in [1.165, 1.54) is 14.2 Å². The lowest BCUT2D eigenvalue weighted by atomic mass is 10.1. The summed E-state index contributed by atoms with van der Waals surface area (Å²) in [5, 5.41) is 3.22. The predicted molar refractivity (Wildman–Crippen MR) is 105 cm³/mol. The van der Waals surface area contributed by atoms with E-state index in [1.54, 1.807) is 37.4 Å². The van der Waals surface area contributed by atoms with Crippen molar-refractivity contribution in [3.05, 3.63) is 46.5 Å². The molecule has 0 heterocycles. The van der Waals surface area contributed by atoms with Crippen molar-refractivity contribution in [1.82, 2.24) is 0 Å². The number of rotatable bonds is 8. The molecule has 0 aromatic heterocycles. The van der Waals surface area contributed by atoms with Gasteiger partial charge in [-0.2, -0.15) is 0 Å². The third kappa shape index (κ3) is 5.28. The Morgan fingerprint density at radius 2 is 1.67 bits per heavy atom. The van der Waals surface area contributed by atoms with E-state index in [0.717, 1.165) is 5.56 Å². The molecule has 0 radical (unpaired) electrons. The monoisotopic (exact) mass is 393 g/mol. The van der Waals surface area contributed by atoms with Crippen molar-refractivity contribution >= 4 is 23.2 Å². The fourth-order valence-corrected chi connectivity index (χ4v) is 2.67. The van der Waals surface area contributed by atoms with Crippen LogP contribution in [0.5, 0.6) is 17.2 Å². The van der Waals surface area contributed by atoms with Crippen molar-refractivity contribution < 1.29 is 23.7 Å². The van der Waals surface area contributed by atoms with Crippen LogP contribution in [0.4, 0.5) is 5.69 Å². The number of hydrogen-bond donors (Lipinski definition) is 1. The van der Waals surface area contributed by atoms with Gasteiger partial charge in [-0.25, -0.2) is 0 Å². The van der Waals surface area contributed by atoms with Gasteiger partial charge in [0.1, 0.15) is 17.2 Å². The van der Waals surface area contributed by atoms with E-state index in [-0.39, 0.29) is 12.0 Å². The first-order chi connectivity index (χ1) is 12.9. The van der Waals surface area contributed by atoms with Gasteiger partial charge in [0.25, 0.3) is 5.91 Å². The van der Waals surface area contributed by atoms with Crippen LogP contribution in [0.25, 0.3) is 0 Å². The van der Waals surface area contributed by atoms with Crippen molar-refractivity contribution in [2.45, 2.75) is 26.6 Å². The molecule has 2 aromatic rings. The summed E-state index contributed by atoms with van der Waals surface area (Å²) in [5.74, 6) is 1.24. The van der Waals surface area contributed by atoms with Crippen LogP contribution < -0.4 is 19.5 Å². The van der Waals surface area contributed by atoms with Crippen molar-refractivity contribution in [2.24, 2.45) is 0 Å². The van der Waals surface area contributed by atoms with Gasteiger partial charge >= 0.3 is 0 Å². The standard InChI is InChI=1S/C20H24ClNO5/c1-12(2)27-11-14-8-13(6-7-17(14)24-3)20(23)22-16-10-18(25-4)15(21)9-19(16)26-5/h6-10,12H,11H2,1-5H3,(H,22,23). The summed E-state index contributed by atoms with van der Waals surface area (Å²) in [5.41, 5.74) is 1.72. The fraction of sp³-hybridized carbons (Fsp3) is 0.350. The SMILES string of the molecule is COc1cc(NC(=O)c2ccc(OC)c(COC(C)C)c2)c(OC)cc1Cl. The third-order valence-corrected chi connectivity index (χ3v) is 4.13. The summed E-state index contributed by atoms with van der Waals surface area (Å²) >= 11 is 6.10. The van der Waals surface area contributed by atoms with Crippen LogP contribution in [0, 0.1) is 0 Å². The first-order valence-corrected chi connectivity index (χ1v) is 8.78. The lowest BCUT2D eigenvalue weighted by Crippen LogP contribution is -2.14. The Balaban J connectivity index is 2.29. The van der Waals surface area contributed by atoms with Crippen LogP contribution in [0.1, 0.15) is 29.8 Å². The van der Waals surface area contributed by atoms with E-state index in [2.05, 4.69) is 5.32 Å². The van der Waals surface area contributed by atoms with Crippen LogP contribution in [-0.4, -0.2) is 33.3 Å². The highest BCUT2D eigenvalue weighted by Gasteiger charge is 2.15. The minimum Gasteiger partial charge on any atom is -0.496 e. The van der Waals surface area contributed by atoms with Crippen LogP contribution in [0.3, 0.4) is 0 Å². The number of benzene rings is 2. The molecule has 27 heavy (non-hydrogen) atoms. The number of ether oxygens (including phenoxy) is 4. The highest BCUT2D eigenvalue weighted by atomic mass is 35.5. The average molecular weight is 394 g/mol. The summed E-state index contributed by atoms with van der Waals surface area (Å²) in [6, 6.07) is 8.38. The fourth-order valence-electron chi connectivity index (χ4n) is 2.44. The molecule has 2 rings (SSSR count). The molecule has 0 saturated carbocycles. The van der Waals surface area contributed by atoms with E-state index in [0.29, 0.717) is 40.1 Å². The zero-order valence-corrected chi connectivity index (χ0v) is 16.8. The minimum atomic E-state index is -0.300. The smallest absolute Gasteiger partial charge is 0.255 e. The molecule has 0 aliphatic rings. The molecular formula is C20H24ClNO5. The maximum absolute atomic E-state index is 12.7. The highest BCUT2D eigenvalue weighted by molar-refractivity contribution is 6.32. The normalized spacial score (nSPS) is 10.6. The van der Waals surface area contributed by atoms with Crippen molar-refractivity contribution in [1.29, 1.82) is 0 Å². The molecule has 0 atom stereocenters. The number of anilines is 1. The summed E-state index contributed by atoms with van der Waals surface area (Å²) in [6.45, 7) is 4.24. The number of halogens is 1. The number of carbonyl (C=O) groups is 1. The summed E-state index contributed by atoms with van der Waals surface area (Å²) in [6.07, 6.45) is 0.0676. The molecule has 1 amide bonds. The van der Waals surface area contributed by atoms with Gasteiger partial charge in [0, 0.05) is 23.3 Å². The Morgan fingerprint density at radius 3 is 2.26 bits per heavy atom. The molecule has 0 fully saturated rings. The molecule has 0 saturated heterocycles. The number of carbonyl (C=O) groups excluding carboxylic acids is 1. The Bertz CT molecular complexity index is 807. The van der Waals surface area contributed by atoms with Crippen LogP contribution in [0.15, 0.2) is 30.3 Å². The lowest BCUT2D eigenvalue weighted by Gasteiger charge is -2.15. The maximum atomic E-state index is 12.7. The molecule has 6 nitrogen and oxygen atoms in total. The van der Waals surface area contributed by atoms with Crippen molar-refractivity contribution in [3.8, 4) is 17.2 Å². The van der Waals surface area contributed by atoms with Gasteiger partial charge in [-0.15, -0.1) is 0 Å². The summed E-state index contributed by atoms with van der Waals surface area (Å²) in [7, 11) is 4.59. The molecule has 1 N–H and O–H groups in total. The van der Waals surface area contributed by atoms with Gasteiger partial charge in [-0.05, 0) is 32.0 Å². The largest absolute Gasteiger partial charge is 0.496 e. The number of amides is 1. The van der Waals surface area contributed by atoms with Gasteiger partial charge in [-0.3, -0.25) is 4.79 Å². The molecule has 0 bridgehead atoms. The highest BCUT2D eigenvalue weighted by Crippen LogP contribution is 2.36. The zero-order chi connectivity index (χ0) is 20.0. The summed E-state index contributed by atoms with van der Waals surface area (Å²) in [4.78, 5) is 12.7. The zero-order valence-electron chi connectivity index (χ0n) is 16.1. The molecule has 0 spiro atoms. The van der Waals surface area contributed by atoms with Gasteiger partial charge < -0.3 is 24.3 Å². The van der Waals surface area contributed by atoms with E-state index in [4.69, 9.17) is 30.5 Å². The Hall–Kier alpha value is -2.44. The van der Waals surface area contributed by atoms with Crippen LogP contribution in [0.2, 0.25) is 5.02 Å². The molecule has 146 valence electrons. The number of hydrogen-bond acceptors (Lipinski definition) is 5. The van der Waals surface area contributed by atoms with Crippen molar-refractivity contribution in [3.63, 3.8) is 0 Å². The number of methoxy groups -OCH3 is 3. The third-order valence-electron chi connectivity index (χ3n) is 3.84. The molecule has 0 unspecified atom stereocenters. The van der Waals surface area contributed by atoms with Gasteiger partial charge in [-0.1, -0.05) is 11.6 Å². The quantitative estimate of drug-likeness (QED) is 0.713. The van der Waals surface area contributed by atoms with Crippen LogP contribution in [-0.2, 0) is 11.3 Å². The second-order valence-electron chi connectivity index (χ2n) is 6.03. The summed E-state index contributed by atoms with van der Waals surface area (Å²) < 4.78 is 21.5. The molecule has 0 aliphatic carbocycles. The van der Waals surface area contributed by atoms with Gasteiger partial charge in [0.15, 0.2) is 0 Å². The van der Waals surface area contributed by atoms with Crippen LogP contribution >= 0.6 is 11.6 Å². The lowest BCUT2D eigenvalue weighted by molar-refractivity contribution is 0.0644. The minimum absolute atomic E-state index is 0.0676. The molecule has 2 aromatic carbocycles. The van der Waals surface area contributed by atoms with Gasteiger partial charge in [0.2, 0.25) is 0 Å². The first kappa shape index (κ1) is 20.9. The Morgan fingerprint density at radius 1 is 1.00 bits per heavy atom. The van der Waals surface area contributed by atoms with E-state index in [1.807, 2.05) is 13.8 Å². The van der Waals surface area contributed by atoms with E-state index >= 15 is 0 Å².